The van der Waals surface area contributed by atoms with E-state index in [0.717, 1.165) is 6.42 Å². The molecule has 0 saturated carbocycles. The van der Waals surface area contributed by atoms with E-state index >= 15 is 0 Å². The third-order valence-corrected chi connectivity index (χ3v) is 4.37. The molecule has 0 aromatic heterocycles. The Morgan fingerprint density at radius 3 is 3.07 bits per heavy atom. The minimum atomic E-state index is 0.267. The van der Waals surface area contributed by atoms with Gasteiger partial charge in [0, 0.05) is 11.5 Å². The summed E-state index contributed by atoms with van der Waals surface area (Å²) >= 11 is 0. The van der Waals surface area contributed by atoms with Gasteiger partial charge in [0.05, 0.1) is 0 Å². The third-order valence-electron chi connectivity index (χ3n) is 4.37. The monoisotopic (exact) mass is 203 g/mol. The molecule has 1 aromatic carbocycles. The van der Waals surface area contributed by atoms with Gasteiger partial charge in [0.2, 0.25) is 0 Å². The number of benzene rings is 1. The summed E-state index contributed by atoms with van der Waals surface area (Å²) in [6, 6.07) is 6.49. The Kier molecular flexibility index (Phi) is 1.70. The number of hydrogen-bond acceptors (Lipinski definition) is 2. The summed E-state index contributed by atoms with van der Waals surface area (Å²) in [5.41, 5.74) is 3.06. The van der Waals surface area contributed by atoms with Crippen molar-refractivity contribution in [1.82, 2.24) is 4.90 Å². The summed E-state index contributed by atoms with van der Waals surface area (Å²) in [7, 11) is 2.21. The Bertz CT molecular complexity index is 415. The van der Waals surface area contributed by atoms with Gasteiger partial charge in [0.25, 0.3) is 0 Å². The molecule has 2 heteroatoms. The van der Waals surface area contributed by atoms with E-state index in [9.17, 15) is 5.11 Å². The fourth-order valence-corrected chi connectivity index (χ4v) is 3.40. The smallest absolute Gasteiger partial charge is 0.115 e. The minimum Gasteiger partial charge on any atom is -0.508 e. The summed E-state index contributed by atoms with van der Waals surface area (Å²) in [5.74, 6) is 0.408. The number of rotatable bonds is 0. The molecule has 1 N–H and O–H groups in total. The van der Waals surface area contributed by atoms with E-state index in [4.69, 9.17) is 0 Å². The summed E-state index contributed by atoms with van der Waals surface area (Å²) < 4.78 is 0. The van der Waals surface area contributed by atoms with E-state index in [1.165, 1.54) is 24.1 Å². The number of phenols is 1. The SMILES string of the molecule is CN1CCC2(C)c3cc(O)ccc3CC12. The lowest BCUT2D eigenvalue weighted by molar-refractivity contribution is 0.271. The number of hydrogen-bond donors (Lipinski definition) is 1. The van der Waals surface area contributed by atoms with Crippen LogP contribution in [0.15, 0.2) is 18.2 Å². The van der Waals surface area contributed by atoms with Crippen molar-refractivity contribution < 1.29 is 5.11 Å². The van der Waals surface area contributed by atoms with E-state index in [1.54, 1.807) is 0 Å². The van der Waals surface area contributed by atoms with Crippen LogP contribution in [0.1, 0.15) is 24.5 Å². The third kappa shape index (κ3) is 1.08. The highest BCUT2D eigenvalue weighted by Crippen LogP contribution is 2.48. The van der Waals surface area contributed by atoms with Crippen LogP contribution in [0.2, 0.25) is 0 Å². The summed E-state index contributed by atoms with van der Waals surface area (Å²) in [6.45, 7) is 3.52. The zero-order valence-corrected chi connectivity index (χ0v) is 9.33. The number of fused-ring (bicyclic) bond motifs is 3. The lowest BCUT2D eigenvalue weighted by Crippen LogP contribution is -2.35. The largest absolute Gasteiger partial charge is 0.508 e. The lowest BCUT2D eigenvalue weighted by Gasteiger charge is -2.27. The molecule has 1 saturated heterocycles. The molecule has 1 heterocycles. The molecule has 3 rings (SSSR count). The van der Waals surface area contributed by atoms with Crippen molar-refractivity contribution in [2.45, 2.75) is 31.2 Å². The zero-order valence-electron chi connectivity index (χ0n) is 9.33. The van der Waals surface area contributed by atoms with Gasteiger partial charge in [-0.05, 0) is 49.7 Å². The summed E-state index contributed by atoms with van der Waals surface area (Å²) in [5, 5.41) is 9.58. The van der Waals surface area contributed by atoms with Gasteiger partial charge in [0.1, 0.15) is 5.75 Å². The molecule has 1 aromatic rings. The molecule has 2 nitrogen and oxygen atoms in total. The predicted octanol–water partition coefficient (Wildman–Crippen LogP) is 1.91. The molecule has 0 amide bonds. The van der Waals surface area contributed by atoms with Crippen LogP contribution in [0.4, 0.5) is 0 Å². The molecule has 2 aliphatic rings. The molecule has 1 aliphatic carbocycles. The maximum absolute atomic E-state index is 9.58. The Morgan fingerprint density at radius 1 is 1.47 bits per heavy atom. The van der Waals surface area contributed by atoms with Crippen molar-refractivity contribution in [2.24, 2.45) is 0 Å². The van der Waals surface area contributed by atoms with Crippen LogP contribution in [0, 0.1) is 0 Å². The quantitative estimate of drug-likeness (QED) is 0.696. The van der Waals surface area contributed by atoms with Crippen LogP contribution in [0.5, 0.6) is 5.75 Å². The average Bonchev–Trinajstić information content (AvgIpc) is 2.64. The van der Waals surface area contributed by atoms with Gasteiger partial charge in [-0.1, -0.05) is 13.0 Å². The first-order valence-electron chi connectivity index (χ1n) is 5.64. The second kappa shape index (κ2) is 2.76. The number of nitrogens with zero attached hydrogens (tertiary/aromatic N) is 1. The number of likely N-dealkylation sites (N-methyl/N-ethyl adjacent to an activating group) is 1. The normalized spacial score (nSPS) is 34.1. The van der Waals surface area contributed by atoms with Crippen LogP contribution in [0.3, 0.4) is 0 Å². The van der Waals surface area contributed by atoms with E-state index in [0.29, 0.717) is 11.8 Å². The molecule has 2 unspecified atom stereocenters. The van der Waals surface area contributed by atoms with Gasteiger partial charge in [-0.25, -0.2) is 0 Å². The van der Waals surface area contributed by atoms with Gasteiger partial charge in [-0.15, -0.1) is 0 Å². The van der Waals surface area contributed by atoms with Crippen LogP contribution in [0.25, 0.3) is 0 Å². The molecular weight excluding hydrogens is 186 g/mol. The van der Waals surface area contributed by atoms with Gasteiger partial charge < -0.3 is 10.0 Å². The molecule has 1 fully saturated rings. The summed E-state index contributed by atoms with van der Waals surface area (Å²) in [4.78, 5) is 2.46. The highest BCUT2D eigenvalue weighted by molar-refractivity contribution is 5.46. The van der Waals surface area contributed by atoms with E-state index < -0.39 is 0 Å². The number of phenolic OH excluding ortho intramolecular Hbond substituents is 1. The van der Waals surface area contributed by atoms with Crippen molar-refractivity contribution >= 4 is 0 Å². The predicted molar refractivity (Wildman–Crippen MR) is 60.2 cm³/mol. The molecule has 0 spiro atoms. The highest BCUT2D eigenvalue weighted by Gasteiger charge is 2.48. The first-order valence-corrected chi connectivity index (χ1v) is 5.64. The highest BCUT2D eigenvalue weighted by atomic mass is 16.3. The second-order valence-corrected chi connectivity index (χ2v) is 5.21. The molecular formula is C13H17NO. The van der Waals surface area contributed by atoms with Gasteiger partial charge in [-0.3, -0.25) is 0 Å². The van der Waals surface area contributed by atoms with Crippen LogP contribution < -0.4 is 0 Å². The maximum atomic E-state index is 9.58. The van der Waals surface area contributed by atoms with E-state index in [2.05, 4.69) is 24.9 Å². The van der Waals surface area contributed by atoms with Gasteiger partial charge in [0.15, 0.2) is 0 Å². The van der Waals surface area contributed by atoms with Crippen molar-refractivity contribution in [2.75, 3.05) is 13.6 Å². The fourth-order valence-electron chi connectivity index (χ4n) is 3.40. The Morgan fingerprint density at radius 2 is 2.27 bits per heavy atom. The molecule has 1 aliphatic heterocycles. The molecule has 15 heavy (non-hydrogen) atoms. The molecule has 80 valence electrons. The fraction of sp³-hybridized carbons (Fsp3) is 0.538. The molecule has 0 bridgehead atoms. The second-order valence-electron chi connectivity index (χ2n) is 5.21. The van der Waals surface area contributed by atoms with Crippen molar-refractivity contribution in [3.05, 3.63) is 29.3 Å². The Labute approximate surface area is 90.5 Å². The topological polar surface area (TPSA) is 23.5 Å². The first-order chi connectivity index (χ1) is 7.11. The Balaban J connectivity index is 2.14. The minimum absolute atomic E-state index is 0.267. The van der Waals surface area contributed by atoms with Crippen LogP contribution in [-0.4, -0.2) is 29.6 Å². The summed E-state index contributed by atoms with van der Waals surface area (Å²) in [6.07, 6.45) is 2.35. The number of likely N-dealkylation sites (tertiary alicyclic amines) is 1. The van der Waals surface area contributed by atoms with Crippen molar-refractivity contribution in [3.63, 3.8) is 0 Å². The zero-order chi connectivity index (χ0) is 10.6. The molecule has 0 radical (unpaired) electrons. The van der Waals surface area contributed by atoms with Crippen molar-refractivity contribution in [3.8, 4) is 5.75 Å². The van der Waals surface area contributed by atoms with E-state index in [-0.39, 0.29) is 5.41 Å². The van der Waals surface area contributed by atoms with Crippen LogP contribution in [-0.2, 0) is 11.8 Å². The van der Waals surface area contributed by atoms with Gasteiger partial charge in [-0.2, -0.15) is 0 Å². The standard InChI is InChI=1S/C13H17NO/c1-13-5-6-14(2)12(13)7-9-3-4-10(15)8-11(9)13/h3-4,8,12,15H,5-7H2,1-2H3. The molecule has 2 atom stereocenters. The lowest BCUT2D eigenvalue weighted by atomic mass is 9.81. The maximum Gasteiger partial charge on any atom is 0.115 e. The Hall–Kier alpha value is -1.02. The van der Waals surface area contributed by atoms with Crippen LogP contribution >= 0.6 is 0 Å². The average molecular weight is 203 g/mol. The van der Waals surface area contributed by atoms with E-state index in [1.807, 2.05) is 12.1 Å². The first kappa shape index (κ1) is 9.22. The van der Waals surface area contributed by atoms with Gasteiger partial charge >= 0.3 is 0 Å². The number of aromatic hydroxyl groups is 1. The van der Waals surface area contributed by atoms with Crippen molar-refractivity contribution in [1.29, 1.82) is 0 Å².